The zero-order valence-corrected chi connectivity index (χ0v) is 26.9. The fourth-order valence-corrected chi connectivity index (χ4v) is 6.26. The van der Waals surface area contributed by atoms with Crippen molar-refractivity contribution in [2.45, 2.75) is 18.2 Å². The highest BCUT2D eigenvalue weighted by molar-refractivity contribution is 7.92. The number of pyridine rings is 1. The molecule has 0 aliphatic carbocycles. The van der Waals surface area contributed by atoms with Gasteiger partial charge in [-0.2, -0.15) is 5.10 Å². The number of ether oxygens (including phenoxy) is 3. The van der Waals surface area contributed by atoms with Crippen LogP contribution in [0, 0.1) is 18.6 Å². The molecule has 0 aliphatic heterocycles. The van der Waals surface area contributed by atoms with Crippen LogP contribution in [-0.2, 0) is 10.0 Å². The van der Waals surface area contributed by atoms with Crippen molar-refractivity contribution < 1.29 is 45.0 Å². The number of alkyl halides is 2. The molecular formula is C33H26F4N6O6S. The van der Waals surface area contributed by atoms with Gasteiger partial charge in [0.2, 0.25) is 17.4 Å². The molecule has 258 valence electrons. The largest absolute Gasteiger partial charge is 0.495 e. The molecule has 6 rings (SSSR count). The number of anilines is 2. The molecule has 6 aromatic rings. The maximum absolute atomic E-state index is 14.1. The van der Waals surface area contributed by atoms with E-state index in [1.54, 1.807) is 13.0 Å². The van der Waals surface area contributed by atoms with E-state index in [0.29, 0.717) is 16.6 Å². The lowest BCUT2D eigenvalue weighted by atomic mass is 10.1. The second kappa shape index (κ2) is 13.4. The van der Waals surface area contributed by atoms with E-state index >= 15 is 0 Å². The van der Waals surface area contributed by atoms with Gasteiger partial charge in [0.15, 0.2) is 11.6 Å². The minimum absolute atomic E-state index is 0.0151. The lowest BCUT2D eigenvalue weighted by molar-refractivity contribution is 0.0823. The highest BCUT2D eigenvalue weighted by Gasteiger charge is 2.25. The topological polar surface area (TPSA) is 163 Å². The first-order valence-electron chi connectivity index (χ1n) is 14.6. The number of nitrogens with two attached hydrogens (primary N) is 1. The van der Waals surface area contributed by atoms with Gasteiger partial charge in [0.25, 0.3) is 16.4 Å². The maximum atomic E-state index is 14.1. The van der Waals surface area contributed by atoms with Crippen molar-refractivity contribution >= 4 is 38.2 Å². The van der Waals surface area contributed by atoms with Gasteiger partial charge in [-0.05, 0) is 55.0 Å². The minimum Gasteiger partial charge on any atom is -0.495 e. The van der Waals surface area contributed by atoms with Gasteiger partial charge < -0.3 is 24.9 Å². The number of ketones is 1. The Balaban J connectivity index is 1.30. The Bertz CT molecular complexity index is 2340. The summed E-state index contributed by atoms with van der Waals surface area (Å²) < 4.78 is 100. The van der Waals surface area contributed by atoms with E-state index in [4.69, 9.17) is 19.9 Å². The number of hydrogen-bond donors (Lipinski definition) is 3. The molecule has 0 fully saturated rings. The van der Waals surface area contributed by atoms with Crippen LogP contribution in [0.3, 0.4) is 0 Å². The van der Waals surface area contributed by atoms with Crippen LogP contribution in [0.25, 0.3) is 16.6 Å². The standard InChI is InChI=1S/C33H26F4N6O6S/c1-17-10-30(49-32-20(34)6-5-7-21(32)35)39-15-25(17)43-33(38)19(14-40-43)31(44)24-11-18-12-27(48-16-29(36)37)23(13-22(18)41-24)42-50(45,46)28-9-4-3-8-26(28)47-2/h3-15,29,41-42H,16,38H2,1-2H3. The quantitative estimate of drug-likeness (QED) is 0.0964. The minimum atomic E-state index is -4.29. The van der Waals surface area contributed by atoms with Crippen LogP contribution in [0.5, 0.6) is 23.1 Å². The van der Waals surface area contributed by atoms with Crippen LogP contribution in [0.1, 0.15) is 21.6 Å². The number of carbonyl (C=O) groups excluding carboxylic acids is 1. The van der Waals surface area contributed by atoms with E-state index in [0.717, 1.165) is 12.1 Å². The number of H-pyrrole nitrogens is 1. The predicted molar refractivity (Wildman–Crippen MR) is 174 cm³/mol. The Labute approximate surface area is 281 Å². The van der Waals surface area contributed by atoms with Crippen LogP contribution < -0.4 is 24.7 Å². The molecule has 12 nitrogen and oxygen atoms in total. The van der Waals surface area contributed by atoms with E-state index in [2.05, 4.69) is 19.8 Å². The predicted octanol–water partition coefficient (Wildman–Crippen LogP) is 6.39. The molecule has 0 amide bonds. The number of aromatic nitrogens is 4. The number of nitrogen functional groups attached to an aromatic ring is 1. The summed E-state index contributed by atoms with van der Waals surface area (Å²) >= 11 is 0. The Kier molecular flexibility index (Phi) is 9.07. The summed E-state index contributed by atoms with van der Waals surface area (Å²) in [5.41, 5.74) is 7.25. The van der Waals surface area contributed by atoms with Crippen LogP contribution in [0.2, 0.25) is 0 Å². The van der Waals surface area contributed by atoms with Crippen LogP contribution in [0.15, 0.2) is 84.0 Å². The second-order valence-corrected chi connectivity index (χ2v) is 12.4. The van der Waals surface area contributed by atoms with Crippen molar-refractivity contribution in [1.29, 1.82) is 0 Å². The van der Waals surface area contributed by atoms with Crippen LogP contribution in [0.4, 0.5) is 29.1 Å². The molecule has 0 aliphatic rings. The average molecular weight is 711 g/mol. The van der Waals surface area contributed by atoms with Crippen molar-refractivity contribution in [3.8, 4) is 28.8 Å². The van der Waals surface area contributed by atoms with Gasteiger partial charge in [0.05, 0.1) is 42.1 Å². The van der Waals surface area contributed by atoms with Crippen LogP contribution in [-0.4, -0.2) is 54.1 Å². The Morgan fingerprint density at radius 2 is 1.76 bits per heavy atom. The summed E-state index contributed by atoms with van der Waals surface area (Å²) in [5, 5.41) is 4.56. The molecule has 0 atom stereocenters. The number of nitrogens with zero attached hydrogens (tertiary/aromatic N) is 3. The van der Waals surface area contributed by atoms with Gasteiger partial charge in [-0.25, -0.2) is 35.6 Å². The number of benzene rings is 3. The number of para-hydroxylation sites is 2. The second-order valence-electron chi connectivity index (χ2n) is 10.7. The molecule has 0 unspecified atom stereocenters. The van der Waals surface area contributed by atoms with Gasteiger partial charge >= 0.3 is 0 Å². The number of carbonyl (C=O) groups is 1. The highest BCUT2D eigenvalue weighted by atomic mass is 32.2. The number of nitrogens with one attached hydrogen (secondary N) is 2. The molecule has 0 saturated heterocycles. The summed E-state index contributed by atoms with van der Waals surface area (Å²) in [7, 11) is -2.99. The highest BCUT2D eigenvalue weighted by Crippen LogP contribution is 2.35. The SMILES string of the molecule is COc1ccccc1S(=O)(=O)Nc1cc2[nH]c(C(=O)c3cnn(-c4cnc(Oc5c(F)cccc5F)cc4C)c3N)cc2cc1OCC(F)F. The normalized spacial score (nSPS) is 11.6. The molecule has 0 saturated carbocycles. The first-order valence-corrected chi connectivity index (χ1v) is 16.0. The molecule has 0 bridgehead atoms. The lowest BCUT2D eigenvalue weighted by Gasteiger charge is -2.15. The fraction of sp³-hybridized carbons (Fsp3) is 0.121. The van der Waals surface area contributed by atoms with Gasteiger partial charge in [-0.3, -0.25) is 9.52 Å². The summed E-state index contributed by atoms with van der Waals surface area (Å²) in [5.74, 6) is -3.37. The molecule has 3 aromatic carbocycles. The fourth-order valence-electron chi connectivity index (χ4n) is 5.03. The molecular weight excluding hydrogens is 684 g/mol. The number of aryl methyl sites for hydroxylation is 1. The Morgan fingerprint density at radius 1 is 1.02 bits per heavy atom. The van der Waals surface area contributed by atoms with Crippen molar-refractivity contribution in [3.05, 3.63) is 108 Å². The molecule has 50 heavy (non-hydrogen) atoms. The third kappa shape index (κ3) is 6.62. The van der Waals surface area contributed by atoms with E-state index in [9.17, 15) is 30.8 Å². The molecule has 3 heterocycles. The van der Waals surface area contributed by atoms with Gasteiger partial charge in [0, 0.05) is 17.0 Å². The number of rotatable bonds is 12. The molecule has 0 radical (unpaired) electrons. The van der Waals surface area contributed by atoms with Crippen molar-refractivity contribution in [1.82, 2.24) is 19.7 Å². The van der Waals surface area contributed by atoms with E-state index in [1.165, 1.54) is 72.7 Å². The third-order valence-electron chi connectivity index (χ3n) is 7.40. The van der Waals surface area contributed by atoms with Gasteiger partial charge in [-0.1, -0.05) is 18.2 Å². The zero-order chi connectivity index (χ0) is 35.7. The van der Waals surface area contributed by atoms with E-state index in [1.807, 2.05) is 0 Å². The molecule has 3 aromatic heterocycles. The number of hydrogen-bond acceptors (Lipinski definition) is 9. The first-order chi connectivity index (χ1) is 23.9. The summed E-state index contributed by atoms with van der Waals surface area (Å²) in [4.78, 5) is 20.4. The van der Waals surface area contributed by atoms with Gasteiger partial charge in [-0.15, -0.1) is 0 Å². The molecule has 4 N–H and O–H groups in total. The number of sulfonamides is 1. The monoisotopic (exact) mass is 710 g/mol. The van der Waals surface area contributed by atoms with Crippen LogP contribution >= 0.6 is 0 Å². The third-order valence-corrected chi connectivity index (χ3v) is 8.80. The van der Waals surface area contributed by atoms with E-state index in [-0.39, 0.29) is 50.6 Å². The number of methoxy groups -OCH3 is 1. The number of halogens is 4. The van der Waals surface area contributed by atoms with Gasteiger partial charge in [0.1, 0.15) is 28.8 Å². The Morgan fingerprint density at radius 3 is 2.46 bits per heavy atom. The van der Waals surface area contributed by atoms with E-state index < -0.39 is 46.2 Å². The van der Waals surface area contributed by atoms with Crippen molar-refractivity contribution in [2.75, 3.05) is 24.2 Å². The summed E-state index contributed by atoms with van der Waals surface area (Å²) in [6.07, 6.45) is -0.325. The number of aromatic amines is 1. The zero-order valence-electron chi connectivity index (χ0n) is 26.1. The summed E-state index contributed by atoms with van der Waals surface area (Å²) in [6.45, 7) is 0.623. The number of fused-ring (bicyclic) bond motifs is 1. The molecule has 17 heteroatoms. The summed E-state index contributed by atoms with van der Waals surface area (Å²) in [6, 6.07) is 14.5. The maximum Gasteiger partial charge on any atom is 0.272 e. The Hall–Kier alpha value is -6.10. The lowest BCUT2D eigenvalue weighted by Crippen LogP contribution is -2.16. The van der Waals surface area contributed by atoms with Crippen molar-refractivity contribution in [2.24, 2.45) is 0 Å². The van der Waals surface area contributed by atoms with Crippen molar-refractivity contribution in [3.63, 3.8) is 0 Å². The first kappa shape index (κ1) is 33.8. The smallest absolute Gasteiger partial charge is 0.272 e. The molecule has 0 spiro atoms. The average Bonchev–Trinajstić information content (AvgIpc) is 3.67.